The molecule has 0 aliphatic carbocycles. The number of anilines is 1. The summed E-state index contributed by atoms with van der Waals surface area (Å²) in [4.78, 5) is 26.0. The number of benzene rings is 2. The highest BCUT2D eigenvalue weighted by Gasteiger charge is 2.35. The number of rotatable bonds is 5. The van der Waals surface area contributed by atoms with Crippen molar-refractivity contribution in [2.24, 2.45) is 5.92 Å². The first-order valence-corrected chi connectivity index (χ1v) is 8.49. The van der Waals surface area contributed by atoms with Gasteiger partial charge >= 0.3 is 0 Å². The third-order valence-corrected chi connectivity index (χ3v) is 4.56. The van der Waals surface area contributed by atoms with Crippen molar-refractivity contribution in [2.75, 3.05) is 18.0 Å². The van der Waals surface area contributed by atoms with Crippen molar-refractivity contribution in [3.05, 3.63) is 64.9 Å². The fourth-order valence-electron chi connectivity index (χ4n) is 2.90. The average molecular weight is 361 g/mol. The highest BCUT2D eigenvalue weighted by molar-refractivity contribution is 6.31. The van der Waals surface area contributed by atoms with Gasteiger partial charge in [0.1, 0.15) is 5.82 Å². The summed E-state index contributed by atoms with van der Waals surface area (Å²) in [5.74, 6) is -1.25. The molecule has 1 aliphatic rings. The molecule has 1 fully saturated rings. The molecule has 0 saturated carbocycles. The molecule has 25 heavy (non-hydrogen) atoms. The zero-order valence-electron chi connectivity index (χ0n) is 13.5. The summed E-state index contributed by atoms with van der Waals surface area (Å²) >= 11 is 5.77. The summed E-state index contributed by atoms with van der Waals surface area (Å²) in [6.45, 7) is 0.799. The van der Waals surface area contributed by atoms with Gasteiger partial charge in [-0.15, -0.1) is 0 Å². The molecule has 6 heteroatoms. The Morgan fingerprint density at radius 3 is 2.72 bits per heavy atom. The van der Waals surface area contributed by atoms with Gasteiger partial charge in [-0.3, -0.25) is 9.59 Å². The van der Waals surface area contributed by atoms with Gasteiger partial charge in [0, 0.05) is 25.2 Å². The normalized spacial score (nSPS) is 17.0. The topological polar surface area (TPSA) is 49.4 Å². The van der Waals surface area contributed by atoms with E-state index in [2.05, 4.69) is 5.32 Å². The molecule has 1 saturated heterocycles. The number of hydrogen-bond donors (Lipinski definition) is 1. The summed E-state index contributed by atoms with van der Waals surface area (Å²) in [6, 6.07) is 14.0. The van der Waals surface area contributed by atoms with Crippen LogP contribution in [0.1, 0.15) is 12.0 Å². The monoisotopic (exact) mass is 360 g/mol. The molecule has 3 rings (SSSR count). The van der Waals surface area contributed by atoms with E-state index < -0.39 is 11.7 Å². The SMILES string of the molecule is O=C(NCCc1ccccc1)C1CC(=O)N(c2ccc(F)c(Cl)c2)C1. The molecular weight excluding hydrogens is 343 g/mol. The van der Waals surface area contributed by atoms with E-state index >= 15 is 0 Å². The van der Waals surface area contributed by atoms with Crippen LogP contribution in [0, 0.1) is 11.7 Å². The number of hydrogen-bond acceptors (Lipinski definition) is 2. The third kappa shape index (κ3) is 4.17. The average Bonchev–Trinajstić information content (AvgIpc) is 3.00. The summed E-state index contributed by atoms with van der Waals surface area (Å²) in [5.41, 5.74) is 1.66. The maximum atomic E-state index is 13.3. The first-order chi connectivity index (χ1) is 12.0. The zero-order chi connectivity index (χ0) is 17.8. The first kappa shape index (κ1) is 17.4. The van der Waals surface area contributed by atoms with Gasteiger partial charge in [0.25, 0.3) is 0 Å². The molecule has 0 aromatic heterocycles. The van der Waals surface area contributed by atoms with Gasteiger partial charge in [0.2, 0.25) is 11.8 Å². The smallest absolute Gasteiger partial charge is 0.227 e. The van der Waals surface area contributed by atoms with Gasteiger partial charge < -0.3 is 10.2 Å². The Balaban J connectivity index is 1.56. The number of carbonyl (C=O) groups excluding carboxylic acids is 2. The van der Waals surface area contributed by atoms with Crippen molar-refractivity contribution in [3.63, 3.8) is 0 Å². The van der Waals surface area contributed by atoms with Crippen LogP contribution in [-0.2, 0) is 16.0 Å². The summed E-state index contributed by atoms with van der Waals surface area (Å²) in [6.07, 6.45) is 0.886. The largest absolute Gasteiger partial charge is 0.355 e. The van der Waals surface area contributed by atoms with Crippen molar-refractivity contribution in [1.82, 2.24) is 5.32 Å². The number of nitrogens with one attached hydrogen (secondary N) is 1. The van der Waals surface area contributed by atoms with E-state index in [9.17, 15) is 14.0 Å². The summed E-state index contributed by atoms with van der Waals surface area (Å²) < 4.78 is 13.3. The van der Waals surface area contributed by atoms with E-state index in [1.165, 1.54) is 23.1 Å². The van der Waals surface area contributed by atoms with Crippen LogP contribution in [-0.4, -0.2) is 24.9 Å². The Morgan fingerprint density at radius 1 is 1.24 bits per heavy atom. The van der Waals surface area contributed by atoms with E-state index in [1.807, 2.05) is 30.3 Å². The van der Waals surface area contributed by atoms with Crippen LogP contribution in [0.2, 0.25) is 5.02 Å². The van der Waals surface area contributed by atoms with Crippen LogP contribution in [0.4, 0.5) is 10.1 Å². The van der Waals surface area contributed by atoms with Gasteiger partial charge in [0.05, 0.1) is 10.9 Å². The van der Waals surface area contributed by atoms with E-state index in [-0.39, 0.29) is 29.8 Å². The Bertz CT molecular complexity index is 782. The Morgan fingerprint density at radius 2 is 2.00 bits per heavy atom. The molecule has 1 N–H and O–H groups in total. The molecule has 0 radical (unpaired) electrons. The highest BCUT2D eigenvalue weighted by Crippen LogP contribution is 2.28. The number of nitrogens with zero attached hydrogens (tertiary/aromatic N) is 1. The van der Waals surface area contributed by atoms with Crippen molar-refractivity contribution in [2.45, 2.75) is 12.8 Å². The molecule has 1 heterocycles. The third-order valence-electron chi connectivity index (χ3n) is 4.27. The van der Waals surface area contributed by atoms with Crippen LogP contribution in [0.3, 0.4) is 0 Å². The molecule has 1 unspecified atom stereocenters. The van der Waals surface area contributed by atoms with Crippen LogP contribution in [0.5, 0.6) is 0 Å². The maximum absolute atomic E-state index is 13.3. The van der Waals surface area contributed by atoms with Crippen molar-refractivity contribution in [3.8, 4) is 0 Å². The summed E-state index contributed by atoms with van der Waals surface area (Å²) in [5, 5.41) is 2.84. The molecular formula is C19H18ClFN2O2. The van der Waals surface area contributed by atoms with Crippen LogP contribution >= 0.6 is 11.6 Å². The van der Waals surface area contributed by atoms with Gasteiger partial charge in [-0.1, -0.05) is 41.9 Å². The van der Waals surface area contributed by atoms with Crippen LogP contribution < -0.4 is 10.2 Å². The van der Waals surface area contributed by atoms with Crippen LogP contribution in [0.25, 0.3) is 0 Å². The lowest BCUT2D eigenvalue weighted by atomic mass is 10.1. The predicted molar refractivity (Wildman–Crippen MR) is 95.0 cm³/mol. The van der Waals surface area contributed by atoms with Gasteiger partial charge in [0.15, 0.2) is 0 Å². The molecule has 0 bridgehead atoms. The fourth-order valence-corrected chi connectivity index (χ4v) is 3.08. The van der Waals surface area contributed by atoms with Gasteiger partial charge in [-0.2, -0.15) is 0 Å². The fraction of sp³-hybridized carbons (Fsp3) is 0.263. The second-order valence-corrected chi connectivity index (χ2v) is 6.44. The Hall–Kier alpha value is -2.40. The molecule has 130 valence electrons. The lowest BCUT2D eigenvalue weighted by Gasteiger charge is -2.17. The number of carbonyl (C=O) groups is 2. The second kappa shape index (κ2) is 7.66. The van der Waals surface area contributed by atoms with Crippen molar-refractivity contribution >= 4 is 29.1 Å². The Labute approximate surface area is 150 Å². The van der Waals surface area contributed by atoms with E-state index in [0.717, 1.165) is 12.0 Å². The molecule has 2 aromatic rings. The predicted octanol–water partition coefficient (Wildman–Crippen LogP) is 3.19. The molecule has 2 amide bonds. The van der Waals surface area contributed by atoms with E-state index in [0.29, 0.717) is 12.2 Å². The lowest BCUT2D eigenvalue weighted by Crippen LogP contribution is -2.34. The molecule has 1 aliphatic heterocycles. The minimum absolute atomic E-state index is 0.0407. The minimum atomic E-state index is -0.535. The van der Waals surface area contributed by atoms with Crippen LogP contribution in [0.15, 0.2) is 48.5 Å². The minimum Gasteiger partial charge on any atom is -0.355 e. The molecule has 0 spiro atoms. The lowest BCUT2D eigenvalue weighted by molar-refractivity contribution is -0.126. The second-order valence-electron chi connectivity index (χ2n) is 6.03. The first-order valence-electron chi connectivity index (χ1n) is 8.11. The molecule has 2 aromatic carbocycles. The Kier molecular flexibility index (Phi) is 5.34. The highest BCUT2D eigenvalue weighted by atomic mass is 35.5. The van der Waals surface area contributed by atoms with Crippen molar-refractivity contribution < 1.29 is 14.0 Å². The van der Waals surface area contributed by atoms with Gasteiger partial charge in [-0.05, 0) is 30.2 Å². The summed E-state index contributed by atoms with van der Waals surface area (Å²) in [7, 11) is 0. The number of halogens is 2. The molecule has 1 atom stereocenters. The standard InChI is InChI=1S/C19H18ClFN2O2/c20-16-11-15(6-7-17(16)21)23-12-14(10-18(23)24)19(25)22-9-8-13-4-2-1-3-5-13/h1-7,11,14H,8-10,12H2,(H,22,25). The van der Waals surface area contributed by atoms with E-state index in [1.54, 1.807) is 0 Å². The maximum Gasteiger partial charge on any atom is 0.227 e. The molecule has 4 nitrogen and oxygen atoms in total. The number of amides is 2. The van der Waals surface area contributed by atoms with E-state index in [4.69, 9.17) is 11.6 Å². The van der Waals surface area contributed by atoms with Gasteiger partial charge in [-0.25, -0.2) is 4.39 Å². The van der Waals surface area contributed by atoms with Crippen molar-refractivity contribution in [1.29, 1.82) is 0 Å². The zero-order valence-corrected chi connectivity index (χ0v) is 14.3. The quantitative estimate of drug-likeness (QED) is 0.890.